The Labute approximate surface area is 177 Å². The molecule has 1 N–H and O–H groups in total. The van der Waals surface area contributed by atoms with Crippen molar-refractivity contribution < 1.29 is 4.79 Å². The van der Waals surface area contributed by atoms with Crippen molar-refractivity contribution in [2.45, 2.75) is 51.5 Å². The third kappa shape index (κ3) is 5.84. The lowest BCUT2D eigenvalue weighted by molar-refractivity contribution is -0.117. The quantitative estimate of drug-likeness (QED) is 0.783. The Morgan fingerprint density at radius 2 is 1.72 bits per heavy atom. The number of nitrogens with zero attached hydrogens (tertiary/aromatic N) is 4. The van der Waals surface area contributed by atoms with Crippen molar-refractivity contribution in [2.75, 3.05) is 38.0 Å². The maximum atomic E-state index is 12.4. The van der Waals surface area contributed by atoms with Crippen LogP contribution in [0.25, 0.3) is 0 Å². The van der Waals surface area contributed by atoms with Crippen LogP contribution in [-0.2, 0) is 11.3 Å². The van der Waals surface area contributed by atoms with Gasteiger partial charge in [-0.2, -0.15) is 0 Å². The van der Waals surface area contributed by atoms with Crippen LogP contribution in [0, 0.1) is 6.92 Å². The molecule has 2 fully saturated rings. The van der Waals surface area contributed by atoms with Crippen molar-refractivity contribution in [3.8, 4) is 0 Å². The van der Waals surface area contributed by atoms with E-state index in [1.54, 1.807) is 11.3 Å². The van der Waals surface area contributed by atoms with Gasteiger partial charge in [0.25, 0.3) is 0 Å². The highest BCUT2D eigenvalue weighted by Crippen LogP contribution is 2.35. The summed E-state index contributed by atoms with van der Waals surface area (Å²) < 4.78 is 0. The predicted octanol–water partition coefficient (Wildman–Crippen LogP) is 3.65. The van der Waals surface area contributed by atoms with E-state index in [9.17, 15) is 4.79 Å². The summed E-state index contributed by atoms with van der Waals surface area (Å²) in [5.74, 6) is 0.553. The molecule has 0 spiro atoms. The van der Waals surface area contributed by atoms with Crippen molar-refractivity contribution in [2.24, 2.45) is 0 Å². The Kier molecular flexibility index (Phi) is 6.90. The van der Waals surface area contributed by atoms with Gasteiger partial charge in [0.15, 0.2) is 0 Å². The van der Waals surface area contributed by atoms with Crippen molar-refractivity contribution in [1.29, 1.82) is 0 Å². The third-order valence-corrected chi connectivity index (χ3v) is 7.00. The summed E-state index contributed by atoms with van der Waals surface area (Å²) >= 11 is 1.55. The summed E-state index contributed by atoms with van der Waals surface area (Å²) in [6, 6.07) is 8.75. The summed E-state index contributed by atoms with van der Waals surface area (Å²) in [5, 5.41) is 13.2. The fourth-order valence-corrected chi connectivity index (χ4v) is 5.15. The standard InChI is InChI=1S/C22H31N5OS/c1-17-7-9-18(10-8-17)15-26-11-13-27(14-12-26)16-20(28)23-22-25-24-21(29-22)19-5-3-2-4-6-19/h7-10,19H,2-6,11-16H2,1H3,(H,23,25,28). The minimum absolute atomic E-state index is 0.0170. The Bertz CT molecular complexity index is 792. The van der Waals surface area contributed by atoms with Gasteiger partial charge >= 0.3 is 0 Å². The molecule has 2 heterocycles. The molecule has 0 atom stereocenters. The molecular formula is C22H31N5OS. The first-order chi connectivity index (χ1) is 14.2. The number of aryl methyl sites for hydroxylation is 1. The number of nitrogens with one attached hydrogen (secondary N) is 1. The summed E-state index contributed by atoms with van der Waals surface area (Å²) in [4.78, 5) is 17.1. The Morgan fingerprint density at radius 3 is 2.45 bits per heavy atom. The Hall–Kier alpha value is -1.83. The molecule has 0 bridgehead atoms. The number of anilines is 1. The lowest BCUT2D eigenvalue weighted by atomic mass is 9.90. The molecule has 7 heteroatoms. The number of carbonyl (C=O) groups excluding carboxylic acids is 1. The Morgan fingerprint density at radius 1 is 1.03 bits per heavy atom. The van der Waals surface area contributed by atoms with Gasteiger partial charge in [0, 0.05) is 38.6 Å². The number of rotatable bonds is 6. The van der Waals surface area contributed by atoms with E-state index in [4.69, 9.17) is 0 Å². The van der Waals surface area contributed by atoms with Crippen molar-refractivity contribution in [3.05, 3.63) is 40.4 Å². The lowest BCUT2D eigenvalue weighted by Crippen LogP contribution is -2.48. The van der Waals surface area contributed by atoms with Gasteiger partial charge in [-0.25, -0.2) is 0 Å². The fourth-order valence-electron chi connectivity index (χ4n) is 4.22. The van der Waals surface area contributed by atoms with Crippen LogP contribution in [0.15, 0.2) is 24.3 Å². The van der Waals surface area contributed by atoms with Crippen LogP contribution in [0.4, 0.5) is 5.13 Å². The number of carbonyl (C=O) groups is 1. The average Bonchev–Trinajstić information content (AvgIpc) is 3.20. The van der Waals surface area contributed by atoms with E-state index in [2.05, 4.69) is 56.5 Å². The summed E-state index contributed by atoms with van der Waals surface area (Å²) in [6.45, 7) is 7.35. The van der Waals surface area contributed by atoms with Crippen molar-refractivity contribution in [3.63, 3.8) is 0 Å². The highest BCUT2D eigenvalue weighted by molar-refractivity contribution is 7.15. The molecule has 2 aromatic rings. The molecule has 1 aliphatic carbocycles. The molecule has 0 radical (unpaired) electrons. The maximum Gasteiger partial charge on any atom is 0.240 e. The molecule has 29 heavy (non-hydrogen) atoms. The number of benzene rings is 1. The molecular weight excluding hydrogens is 382 g/mol. The average molecular weight is 414 g/mol. The summed E-state index contributed by atoms with van der Waals surface area (Å²) in [6.07, 6.45) is 6.30. The van der Waals surface area contributed by atoms with Crippen LogP contribution in [0.3, 0.4) is 0 Å². The second kappa shape index (κ2) is 9.78. The van der Waals surface area contributed by atoms with Crippen LogP contribution in [0.1, 0.15) is 54.2 Å². The first-order valence-corrected chi connectivity index (χ1v) is 11.6. The van der Waals surface area contributed by atoms with E-state index < -0.39 is 0 Å². The number of hydrogen-bond donors (Lipinski definition) is 1. The van der Waals surface area contributed by atoms with Crippen LogP contribution < -0.4 is 5.32 Å². The smallest absolute Gasteiger partial charge is 0.240 e. The third-order valence-electron chi connectivity index (χ3n) is 6.00. The number of hydrogen-bond acceptors (Lipinski definition) is 6. The monoisotopic (exact) mass is 413 g/mol. The van der Waals surface area contributed by atoms with Gasteiger partial charge in [0.05, 0.1) is 6.54 Å². The molecule has 4 rings (SSSR count). The molecule has 1 amide bonds. The second-order valence-corrected chi connectivity index (χ2v) is 9.38. The van der Waals surface area contributed by atoms with Gasteiger partial charge in [-0.15, -0.1) is 10.2 Å². The fraction of sp³-hybridized carbons (Fsp3) is 0.591. The normalized spacial score (nSPS) is 19.3. The second-order valence-electron chi connectivity index (χ2n) is 8.37. The molecule has 1 saturated heterocycles. The van der Waals surface area contributed by atoms with Crippen LogP contribution >= 0.6 is 11.3 Å². The first-order valence-electron chi connectivity index (χ1n) is 10.8. The molecule has 1 aromatic carbocycles. The van der Waals surface area contributed by atoms with E-state index in [1.807, 2.05) is 0 Å². The molecule has 156 valence electrons. The molecule has 0 unspecified atom stereocenters. The molecule has 6 nitrogen and oxygen atoms in total. The van der Waals surface area contributed by atoms with E-state index in [-0.39, 0.29) is 5.91 Å². The molecule has 1 aromatic heterocycles. The highest BCUT2D eigenvalue weighted by Gasteiger charge is 2.22. The number of piperazine rings is 1. The van der Waals surface area contributed by atoms with Crippen LogP contribution in [0.5, 0.6) is 0 Å². The molecule has 1 saturated carbocycles. The highest BCUT2D eigenvalue weighted by atomic mass is 32.1. The minimum atomic E-state index is 0.0170. The zero-order valence-electron chi connectivity index (χ0n) is 17.3. The largest absolute Gasteiger partial charge is 0.299 e. The van der Waals surface area contributed by atoms with Crippen molar-refractivity contribution in [1.82, 2.24) is 20.0 Å². The number of aromatic nitrogens is 2. The van der Waals surface area contributed by atoms with E-state index in [0.717, 1.165) is 37.7 Å². The first kappa shape index (κ1) is 20.4. The predicted molar refractivity (Wildman–Crippen MR) is 117 cm³/mol. The topological polar surface area (TPSA) is 61.4 Å². The summed E-state index contributed by atoms with van der Waals surface area (Å²) in [5.41, 5.74) is 2.65. The van der Waals surface area contributed by atoms with Crippen LogP contribution in [-0.4, -0.2) is 58.6 Å². The zero-order valence-corrected chi connectivity index (χ0v) is 18.1. The minimum Gasteiger partial charge on any atom is -0.299 e. The maximum absolute atomic E-state index is 12.4. The van der Waals surface area contributed by atoms with Gasteiger partial charge in [-0.3, -0.25) is 19.9 Å². The van der Waals surface area contributed by atoms with E-state index in [1.165, 1.54) is 43.2 Å². The van der Waals surface area contributed by atoms with Gasteiger partial charge in [-0.05, 0) is 25.3 Å². The lowest BCUT2D eigenvalue weighted by Gasteiger charge is -2.34. The number of amides is 1. The van der Waals surface area contributed by atoms with Gasteiger partial charge < -0.3 is 0 Å². The SMILES string of the molecule is Cc1ccc(CN2CCN(CC(=O)Nc3nnc(C4CCCCC4)s3)CC2)cc1. The molecule has 2 aliphatic rings. The van der Waals surface area contributed by atoms with Gasteiger partial charge in [-0.1, -0.05) is 60.4 Å². The van der Waals surface area contributed by atoms with Gasteiger partial charge in [0.1, 0.15) is 5.01 Å². The van der Waals surface area contributed by atoms with Gasteiger partial charge in [0.2, 0.25) is 11.0 Å². The zero-order chi connectivity index (χ0) is 20.1. The summed E-state index contributed by atoms with van der Waals surface area (Å²) in [7, 11) is 0. The van der Waals surface area contributed by atoms with E-state index >= 15 is 0 Å². The van der Waals surface area contributed by atoms with Crippen LogP contribution in [0.2, 0.25) is 0 Å². The Balaban J connectivity index is 1.20. The van der Waals surface area contributed by atoms with E-state index in [0.29, 0.717) is 17.6 Å². The molecule has 1 aliphatic heterocycles. The van der Waals surface area contributed by atoms with Crippen molar-refractivity contribution >= 4 is 22.4 Å².